The van der Waals surface area contributed by atoms with Crippen molar-refractivity contribution in [1.29, 1.82) is 0 Å². The van der Waals surface area contributed by atoms with Crippen LogP contribution in [0.5, 0.6) is 0 Å². The van der Waals surface area contributed by atoms with Crippen molar-refractivity contribution in [2.24, 2.45) is 23.2 Å². The number of nitrogens with one attached hydrogen (secondary N) is 1. The third-order valence-corrected chi connectivity index (χ3v) is 7.72. The Kier molecular flexibility index (Phi) is 4.20. The predicted octanol–water partition coefficient (Wildman–Crippen LogP) is 4.32. The predicted molar refractivity (Wildman–Crippen MR) is 85.7 cm³/mol. The van der Waals surface area contributed by atoms with Crippen molar-refractivity contribution in [3.8, 4) is 0 Å². The van der Waals surface area contributed by atoms with Crippen LogP contribution >= 0.6 is 11.8 Å². The van der Waals surface area contributed by atoms with Crippen molar-refractivity contribution >= 4 is 11.8 Å². The molecule has 0 aromatic heterocycles. The maximum Gasteiger partial charge on any atom is 0.0212 e. The first-order valence-electron chi connectivity index (χ1n) is 8.44. The molecule has 0 aromatic carbocycles. The molecule has 4 rings (SSSR count). The molecule has 0 heterocycles. The Morgan fingerprint density at radius 2 is 1.63 bits per heavy atom. The Morgan fingerprint density at radius 3 is 2.05 bits per heavy atom. The highest BCUT2D eigenvalue weighted by Gasteiger charge is 2.53. The van der Waals surface area contributed by atoms with E-state index in [0.717, 1.165) is 29.0 Å². The van der Waals surface area contributed by atoms with Gasteiger partial charge in [-0.15, -0.1) is 0 Å². The Morgan fingerprint density at radius 1 is 1.11 bits per heavy atom. The maximum atomic E-state index is 3.72. The lowest BCUT2D eigenvalue weighted by Crippen LogP contribution is -2.56. The van der Waals surface area contributed by atoms with E-state index >= 15 is 0 Å². The minimum Gasteiger partial charge on any atom is -0.316 e. The van der Waals surface area contributed by atoms with Gasteiger partial charge in [-0.1, -0.05) is 13.8 Å². The summed E-state index contributed by atoms with van der Waals surface area (Å²) in [6.07, 6.45) is 10.6. The summed E-state index contributed by atoms with van der Waals surface area (Å²) >= 11 is 2.20. The highest BCUT2D eigenvalue weighted by molar-refractivity contribution is 7.99. The molecule has 19 heavy (non-hydrogen) atoms. The molecule has 2 unspecified atom stereocenters. The Labute approximate surface area is 123 Å². The lowest BCUT2D eigenvalue weighted by Gasteiger charge is -2.59. The molecule has 4 fully saturated rings. The minimum absolute atomic E-state index is 0.671. The van der Waals surface area contributed by atoms with Crippen LogP contribution < -0.4 is 5.32 Å². The van der Waals surface area contributed by atoms with Gasteiger partial charge >= 0.3 is 0 Å². The molecule has 2 heteroatoms. The summed E-state index contributed by atoms with van der Waals surface area (Å²) < 4.78 is 0. The Bertz CT molecular complexity index is 279. The molecular weight excluding hydrogens is 250 g/mol. The Balaban J connectivity index is 1.68. The summed E-state index contributed by atoms with van der Waals surface area (Å²) in [5, 5.41) is 4.54. The van der Waals surface area contributed by atoms with Crippen molar-refractivity contribution in [2.75, 3.05) is 12.8 Å². The van der Waals surface area contributed by atoms with Crippen LogP contribution in [-0.2, 0) is 0 Å². The van der Waals surface area contributed by atoms with E-state index in [2.05, 4.69) is 38.0 Å². The summed E-state index contributed by atoms with van der Waals surface area (Å²) in [5.74, 6) is 4.57. The summed E-state index contributed by atoms with van der Waals surface area (Å²) in [6.45, 7) is 4.70. The van der Waals surface area contributed by atoms with E-state index in [9.17, 15) is 0 Å². The van der Waals surface area contributed by atoms with Gasteiger partial charge in [0, 0.05) is 17.0 Å². The van der Waals surface area contributed by atoms with E-state index in [1.165, 1.54) is 31.4 Å². The second-order valence-electron chi connectivity index (χ2n) is 7.67. The first-order valence-corrected chi connectivity index (χ1v) is 9.49. The van der Waals surface area contributed by atoms with Crippen LogP contribution in [0.4, 0.5) is 0 Å². The molecule has 110 valence electrons. The number of hydrogen-bond acceptors (Lipinski definition) is 2. The zero-order valence-corrected chi connectivity index (χ0v) is 13.8. The van der Waals surface area contributed by atoms with Crippen LogP contribution in [0, 0.1) is 23.2 Å². The summed E-state index contributed by atoms with van der Waals surface area (Å²) in [7, 11) is 2.21. The molecule has 0 spiro atoms. The van der Waals surface area contributed by atoms with Crippen LogP contribution in [0.2, 0.25) is 0 Å². The highest BCUT2D eigenvalue weighted by atomic mass is 32.2. The van der Waals surface area contributed by atoms with E-state index in [1.807, 2.05) is 0 Å². The third-order valence-electron chi connectivity index (χ3n) is 6.30. The fourth-order valence-electron chi connectivity index (χ4n) is 5.55. The molecule has 0 aliphatic heterocycles. The molecule has 0 radical (unpaired) electrons. The fourth-order valence-corrected chi connectivity index (χ4v) is 6.83. The van der Waals surface area contributed by atoms with Gasteiger partial charge in [0.1, 0.15) is 0 Å². The van der Waals surface area contributed by atoms with Crippen molar-refractivity contribution in [3.05, 3.63) is 0 Å². The molecule has 4 saturated carbocycles. The van der Waals surface area contributed by atoms with Crippen LogP contribution in [0.3, 0.4) is 0 Å². The topological polar surface area (TPSA) is 12.0 Å². The first kappa shape index (κ1) is 14.3. The molecule has 4 aliphatic carbocycles. The lowest BCUT2D eigenvalue weighted by atomic mass is 9.48. The van der Waals surface area contributed by atoms with Crippen LogP contribution in [0.1, 0.15) is 58.8 Å². The van der Waals surface area contributed by atoms with Gasteiger partial charge in [0.05, 0.1) is 0 Å². The van der Waals surface area contributed by atoms with Gasteiger partial charge < -0.3 is 5.32 Å². The second-order valence-corrected chi connectivity index (χ2v) is 9.14. The largest absolute Gasteiger partial charge is 0.316 e. The molecule has 4 bridgehead atoms. The zero-order valence-electron chi connectivity index (χ0n) is 13.0. The van der Waals surface area contributed by atoms with Crippen LogP contribution in [0.25, 0.3) is 0 Å². The molecule has 1 N–H and O–H groups in total. The van der Waals surface area contributed by atoms with Crippen molar-refractivity contribution < 1.29 is 0 Å². The van der Waals surface area contributed by atoms with Crippen molar-refractivity contribution in [2.45, 2.75) is 70.1 Å². The van der Waals surface area contributed by atoms with Crippen molar-refractivity contribution in [3.63, 3.8) is 0 Å². The van der Waals surface area contributed by atoms with E-state index in [1.54, 1.807) is 19.3 Å². The number of rotatable bonds is 6. The molecule has 0 saturated heterocycles. The average Bonchev–Trinajstić information content (AvgIpc) is 2.37. The molecular formula is C17H31NS. The zero-order chi connectivity index (χ0) is 13.5. The fraction of sp³-hybridized carbons (Fsp3) is 1.00. The van der Waals surface area contributed by atoms with Crippen LogP contribution in [0.15, 0.2) is 0 Å². The smallest absolute Gasteiger partial charge is 0.0212 e. The third kappa shape index (κ3) is 2.72. The standard InChI is InChI=1S/C17H31NS/c1-4-12(2)19-11-16(18-3)17-8-13-5-14(9-17)7-15(6-13)10-17/h12-16,18H,4-11H2,1-3H3. The maximum absolute atomic E-state index is 3.72. The van der Waals surface area contributed by atoms with E-state index in [4.69, 9.17) is 0 Å². The number of thioether (sulfide) groups is 1. The van der Waals surface area contributed by atoms with E-state index < -0.39 is 0 Å². The van der Waals surface area contributed by atoms with Gasteiger partial charge in [0.15, 0.2) is 0 Å². The summed E-state index contributed by atoms with van der Waals surface area (Å²) in [5.41, 5.74) is 0.671. The molecule has 4 aliphatic rings. The number of hydrogen-bond donors (Lipinski definition) is 1. The summed E-state index contributed by atoms with van der Waals surface area (Å²) in [6, 6.07) is 0.764. The van der Waals surface area contributed by atoms with Gasteiger partial charge in [0.25, 0.3) is 0 Å². The van der Waals surface area contributed by atoms with Crippen LogP contribution in [-0.4, -0.2) is 24.1 Å². The molecule has 2 atom stereocenters. The second kappa shape index (κ2) is 5.60. The SMILES string of the molecule is CCC(C)SCC(NC)C12CC3CC(CC(C3)C1)C2. The molecule has 0 amide bonds. The van der Waals surface area contributed by atoms with Crippen molar-refractivity contribution in [1.82, 2.24) is 5.32 Å². The minimum atomic E-state index is 0.671. The van der Waals surface area contributed by atoms with Gasteiger partial charge in [-0.05, 0) is 75.2 Å². The normalized spacial score (nSPS) is 43.4. The Hall–Kier alpha value is 0.310. The van der Waals surface area contributed by atoms with Gasteiger partial charge in [-0.25, -0.2) is 0 Å². The van der Waals surface area contributed by atoms with Gasteiger partial charge in [-0.2, -0.15) is 11.8 Å². The quantitative estimate of drug-likeness (QED) is 0.778. The van der Waals surface area contributed by atoms with E-state index in [-0.39, 0.29) is 0 Å². The molecule has 0 aromatic rings. The average molecular weight is 282 g/mol. The van der Waals surface area contributed by atoms with Gasteiger partial charge in [0.2, 0.25) is 0 Å². The van der Waals surface area contributed by atoms with E-state index in [0.29, 0.717) is 5.41 Å². The molecule has 1 nitrogen and oxygen atoms in total. The summed E-state index contributed by atoms with van der Waals surface area (Å²) in [4.78, 5) is 0. The monoisotopic (exact) mass is 281 g/mol. The first-order chi connectivity index (χ1) is 9.15. The van der Waals surface area contributed by atoms with Gasteiger partial charge in [-0.3, -0.25) is 0 Å². The highest BCUT2D eigenvalue weighted by Crippen LogP contribution is 2.61. The lowest BCUT2D eigenvalue weighted by molar-refractivity contribution is -0.0682.